The van der Waals surface area contributed by atoms with Crippen LogP contribution in [0.2, 0.25) is 5.02 Å². The molecule has 1 atom stereocenters. The second kappa shape index (κ2) is 8.87. The van der Waals surface area contributed by atoms with Gasteiger partial charge in [0.2, 0.25) is 0 Å². The summed E-state index contributed by atoms with van der Waals surface area (Å²) in [5, 5.41) is 14.5. The number of ether oxygens (including phenoxy) is 1. The number of esters is 1. The van der Waals surface area contributed by atoms with Gasteiger partial charge in [-0.05, 0) is 43.4 Å². The van der Waals surface area contributed by atoms with Gasteiger partial charge in [-0.15, -0.1) is 0 Å². The highest BCUT2D eigenvalue weighted by Crippen LogP contribution is 2.47. The Morgan fingerprint density at radius 3 is 2.60 bits per heavy atom. The second-order valence-corrected chi connectivity index (χ2v) is 10.0. The summed E-state index contributed by atoms with van der Waals surface area (Å²) in [4.78, 5) is 25.2. The fraction of sp³-hybridized carbons (Fsp3) is 0.435. The summed E-state index contributed by atoms with van der Waals surface area (Å²) in [6, 6.07) is 9.50. The normalized spacial score (nSPS) is 20.6. The number of ketones is 1. The number of hydrogen-bond donors (Lipinski definition) is 1. The van der Waals surface area contributed by atoms with E-state index >= 15 is 0 Å². The van der Waals surface area contributed by atoms with Gasteiger partial charge < -0.3 is 10.1 Å². The standard InChI is InChI=1S/C23H25ClN2O3S/c1-13(2)29-19(28)12-30-22-16(11-25)20(14-5-7-15(24)8-6-14)21-17(26-22)9-23(3,4)10-18(21)27/h5-8,13,20,26H,9-10,12H2,1-4H3/t20-/m0/s1. The number of nitrogens with one attached hydrogen (secondary N) is 1. The van der Waals surface area contributed by atoms with Crippen LogP contribution in [0, 0.1) is 16.7 Å². The number of thioether (sulfide) groups is 1. The molecule has 1 aliphatic heterocycles. The first kappa shape index (κ1) is 22.5. The van der Waals surface area contributed by atoms with Gasteiger partial charge in [-0.1, -0.05) is 49.3 Å². The van der Waals surface area contributed by atoms with Crippen molar-refractivity contribution in [3.63, 3.8) is 0 Å². The van der Waals surface area contributed by atoms with E-state index in [0.29, 0.717) is 34.0 Å². The highest BCUT2D eigenvalue weighted by Gasteiger charge is 2.41. The van der Waals surface area contributed by atoms with Crippen molar-refractivity contribution in [2.45, 2.75) is 52.6 Å². The number of rotatable bonds is 5. The molecule has 0 saturated heterocycles. The van der Waals surface area contributed by atoms with Crippen LogP contribution < -0.4 is 5.32 Å². The predicted octanol–water partition coefficient (Wildman–Crippen LogP) is 5.09. The van der Waals surface area contributed by atoms with Crippen LogP contribution in [0.3, 0.4) is 0 Å². The molecule has 0 spiro atoms. The third-order valence-corrected chi connectivity index (χ3v) is 6.27. The van der Waals surface area contributed by atoms with Gasteiger partial charge in [-0.2, -0.15) is 5.26 Å². The van der Waals surface area contributed by atoms with Gasteiger partial charge in [-0.25, -0.2) is 0 Å². The van der Waals surface area contributed by atoms with Crippen molar-refractivity contribution >= 4 is 35.1 Å². The molecule has 0 amide bonds. The Morgan fingerprint density at radius 1 is 1.33 bits per heavy atom. The largest absolute Gasteiger partial charge is 0.462 e. The smallest absolute Gasteiger partial charge is 0.316 e. The van der Waals surface area contributed by atoms with Gasteiger partial charge in [0.1, 0.15) is 0 Å². The molecule has 0 saturated carbocycles. The number of allylic oxidation sites excluding steroid dienone is 3. The van der Waals surface area contributed by atoms with E-state index in [2.05, 4.69) is 25.2 Å². The fourth-order valence-electron chi connectivity index (χ4n) is 3.91. The monoisotopic (exact) mass is 444 g/mol. The van der Waals surface area contributed by atoms with Gasteiger partial charge in [0.15, 0.2) is 5.78 Å². The molecule has 2 aliphatic rings. The molecule has 1 aliphatic carbocycles. The minimum Gasteiger partial charge on any atom is -0.462 e. The molecule has 0 fully saturated rings. The first-order valence-corrected chi connectivity index (χ1v) is 11.2. The fourth-order valence-corrected chi connectivity index (χ4v) is 4.88. The highest BCUT2D eigenvalue weighted by molar-refractivity contribution is 8.03. The first-order chi connectivity index (χ1) is 14.1. The van der Waals surface area contributed by atoms with Crippen molar-refractivity contribution in [2.24, 2.45) is 5.41 Å². The van der Waals surface area contributed by atoms with Crippen LogP contribution in [-0.4, -0.2) is 23.6 Å². The lowest BCUT2D eigenvalue weighted by molar-refractivity contribution is -0.144. The van der Waals surface area contributed by atoms with Crippen molar-refractivity contribution in [3.8, 4) is 6.07 Å². The number of carbonyl (C=O) groups is 2. The van der Waals surface area contributed by atoms with Crippen molar-refractivity contribution < 1.29 is 14.3 Å². The number of carbonyl (C=O) groups excluding carboxylic acids is 2. The number of nitriles is 1. The zero-order chi connectivity index (χ0) is 22.1. The van der Waals surface area contributed by atoms with Gasteiger partial charge in [0.05, 0.1) is 34.4 Å². The third kappa shape index (κ3) is 4.91. The molecule has 30 heavy (non-hydrogen) atoms. The molecule has 3 rings (SSSR count). The number of Topliss-reactive ketones (excluding diaryl/α,β-unsaturated/α-hetero) is 1. The molecule has 1 aromatic carbocycles. The molecule has 1 N–H and O–H groups in total. The third-order valence-electron chi connectivity index (χ3n) is 5.03. The Labute approximate surface area is 186 Å². The van der Waals surface area contributed by atoms with Gasteiger partial charge in [0.25, 0.3) is 0 Å². The van der Waals surface area contributed by atoms with E-state index in [-0.39, 0.29) is 29.0 Å². The molecule has 0 radical (unpaired) electrons. The Bertz CT molecular complexity index is 971. The summed E-state index contributed by atoms with van der Waals surface area (Å²) in [6.45, 7) is 7.71. The van der Waals surface area contributed by atoms with Crippen molar-refractivity contribution in [2.75, 3.05) is 5.75 Å². The molecule has 1 aromatic rings. The summed E-state index contributed by atoms with van der Waals surface area (Å²) >= 11 is 7.29. The summed E-state index contributed by atoms with van der Waals surface area (Å²) in [6.07, 6.45) is 0.923. The summed E-state index contributed by atoms with van der Waals surface area (Å²) in [5.41, 5.74) is 2.56. The lowest BCUT2D eigenvalue weighted by Gasteiger charge is -2.39. The van der Waals surface area contributed by atoms with E-state index in [4.69, 9.17) is 16.3 Å². The van der Waals surface area contributed by atoms with Crippen molar-refractivity contribution in [1.82, 2.24) is 5.32 Å². The number of nitrogens with zero attached hydrogens (tertiary/aromatic N) is 1. The SMILES string of the molecule is CC(C)OC(=O)CSC1=C(C#N)[C@H](c2ccc(Cl)cc2)C2=C(CC(C)(C)CC2=O)N1. The zero-order valence-electron chi connectivity index (χ0n) is 17.5. The molecule has 5 nitrogen and oxygen atoms in total. The van der Waals surface area contributed by atoms with Crippen LogP contribution in [0.15, 0.2) is 46.1 Å². The van der Waals surface area contributed by atoms with Crippen molar-refractivity contribution in [3.05, 3.63) is 56.7 Å². The van der Waals surface area contributed by atoms with Crippen LogP contribution >= 0.6 is 23.4 Å². The Hall–Kier alpha value is -2.23. The first-order valence-electron chi connectivity index (χ1n) is 9.86. The Balaban J connectivity index is 2.03. The lowest BCUT2D eigenvalue weighted by atomic mass is 9.69. The zero-order valence-corrected chi connectivity index (χ0v) is 19.1. The summed E-state index contributed by atoms with van der Waals surface area (Å²) in [7, 11) is 0. The summed E-state index contributed by atoms with van der Waals surface area (Å²) < 4.78 is 5.22. The molecular weight excluding hydrogens is 420 g/mol. The minimum absolute atomic E-state index is 0.0460. The number of dihydropyridines is 1. The molecule has 0 unspecified atom stereocenters. The van der Waals surface area contributed by atoms with E-state index < -0.39 is 5.92 Å². The Morgan fingerprint density at radius 2 is 2.00 bits per heavy atom. The maximum atomic E-state index is 13.1. The van der Waals surface area contributed by atoms with E-state index in [1.54, 1.807) is 26.0 Å². The van der Waals surface area contributed by atoms with E-state index in [0.717, 1.165) is 11.3 Å². The van der Waals surface area contributed by atoms with Gasteiger partial charge in [0, 0.05) is 22.7 Å². The van der Waals surface area contributed by atoms with Gasteiger partial charge >= 0.3 is 5.97 Å². The molecule has 1 heterocycles. The van der Waals surface area contributed by atoms with E-state index in [1.165, 1.54) is 11.8 Å². The van der Waals surface area contributed by atoms with Gasteiger partial charge in [-0.3, -0.25) is 9.59 Å². The van der Waals surface area contributed by atoms with Crippen LogP contribution in [-0.2, 0) is 14.3 Å². The Kier molecular flexibility index (Phi) is 6.64. The average Bonchev–Trinajstić information content (AvgIpc) is 2.64. The highest BCUT2D eigenvalue weighted by atomic mass is 35.5. The number of benzene rings is 1. The number of hydrogen-bond acceptors (Lipinski definition) is 6. The molecule has 158 valence electrons. The maximum absolute atomic E-state index is 13.1. The molecule has 7 heteroatoms. The minimum atomic E-state index is -0.476. The lowest BCUT2D eigenvalue weighted by Crippen LogP contribution is -2.37. The summed E-state index contributed by atoms with van der Waals surface area (Å²) in [5.74, 6) is -0.691. The predicted molar refractivity (Wildman–Crippen MR) is 119 cm³/mol. The van der Waals surface area contributed by atoms with Crippen LogP contribution in [0.5, 0.6) is 0 Å². The van der Waals surface area contributed by atoms with Crippen LogP contribution in [0.25, 0.3) is 0 Å². The topological polar surface area (TPSA) is 79.2 Å². The molecule has 0 bridgehead atoms. The van der Waals surface area contributed by atoms with Crippen molar-refractivity contribution in [1.29, 1.82) is 5.26 Å². The molecular formula is C23H25ClN2O3S. The quantitative estimate of drug-likeness (QED) is 0.637. The second-order valence-electron chi connectivity index (χ2n) is 8.62. The number of halogens is 1. The average molecular weight is 445 g/mol. The van der Waals surface area contributed by atoms with Crippen LogP contribution in [0.1, 0.15) is 52.0 Å². The molecule has 0 aromatic heterocycles. The van der Waals surface area contributed by atoms with Crippen LogP contribution in [0.4, 0.5) is 0 Å². The van der Waals surface area contributed by atoms with E-state index in [1.807, 2.05) is 12.1 Å². The van der Waals surface area contributed by atoms with E-state index in [9.17, 15) is 14.9 Å². The maximum Gasteiger partial charge on any atom is 0.316 e.